The molecule has 104 valence electrons. The molecule has 0 bridgehead atoms. The van der Waals surface area contributed by atoms with Crippen LogP contribution in [0.15, 0.2) is 54.6 Å². The highest BCUT2D eigenvalue weighted by Gasteiger charge is 2.32. The number of fused-ring (bicyclic) bond motifs is 1. The molecule has 1 nitrogen and oxygen atoms in total. The zero-order valence-electron chi connectivity index (χ0n) is 12.5. The first kappa shape index (κ1) is 13.4. The molecule has 3 rings (SSSR count). The van der Waals surface area contributed by atoms with Crippen LogP contribution in [0, 0.1) is 0 Å². The van der Waals surface area contributed by atoms with Crippen molar-refractivity contribution in [2.45, 2.75) is 24.7 Å². The summed E-state index contributed by atoms with van der Waals surface area (Å²) in [7, 11) is 4.36. The predicted octanol–water partition coefficient (Wildman–Crippen LogP) is 4.38. The first-order chi connectivity index (χ1) is 9.70. The molecule has 0 saturated heterocycles. The van der Waals surface area contributed by atoms with Gasteiger partial charge in [0, 0.05) is 12.0 Å². The van der Waals surface area contributed by atoms with Crippen molar-refractivity contribution in [3.63, 3.8) is 0 Å². The van der Waals surface area contributed by atoms with E-state index >= 15 is 0 Å². The van der Waals surface area contributed by atoms with E-state index in [4.69, 9.17) is 0 Å². The van der Waals surface area contributed by atoms with E-state index < -0.39 is 0 Å². The van der Waals surface area contributed by atoms with Crippen LogP contribution in [0.1, 0.15) is 24.8 Å². The SMILES string of the molecule is CN(C)CC1(c2ccc3ccccc3c2)CC=CCC1. The van der Waals surface area contributed by atoms with Crippen molar-refractivity contribution in [2.24, 2.45) is 0 Å². The monoisotopic (exact) mass is 265 g/mol. The number of hydrogen-bond donors (Lipinski definition) is 0. The fourth-order valence-corrected chi connectivity index (χ4v) is 3.51. The second-order valence-corrected chi connectivity index (χ2v) is 6.29. The molecular formula is C19H23N. The van der Waals surface area contributed by atoms with Gasteiger partial charge in [0.25, 0.3) is 0 Å². The topological polar surface area (TPSA) is 3.24 Å². The maximum Gasteiger partial charge on any atom is 0.0118 e. The smallest absolute Gasteiger partial charge is 0.0118 e. The lowest BCUT2D eigenvalue weighted by atomic mass is 9.71. The van der Waals surface area contributed by atoms with E-state index in [1.807, 2.05) is 0 Å². The fourth-order valence-electron chi connectivity index (χ4n) is 3.51. The van der Waals surface area contributed by atoms with Gasteiger partial charge in [0.2, 0.25) is 0 Å². The standard InChI is InChI=1S/C19H23N/c1-20(2)15-19(12-6-3-7-13-19)18-11-10-16-8-4-5-9-17(16)14-18/h3-6,8-11,14H,7,12-13,15H2,1-2H3. The maximum absolute atomic E-state index is 2.40. The van der Waals surface area contributed by atoms with E-state index in [0.29, 0.717) is 0 Å². The Morgan fingerprint density at radius 3 is 2.50 bits per heavy atom. The molecule has 0 saturated carbocycles. The number of likely N-dealkylation sites (N-methyl/N-ethyl adjacent to an activating group) is 1. The number of nitrogens with zero attached hydrogens (tertiary/aromatic N) is 1. The third-order valence-electron chi connectivity index (χ3n) is 4.45. The predicted molar refractivity (Wildman–Crippen MR) is 87.2 cm³/mol. The van der Waals surface area contributed by atoms with Crippen molar-refractivity contribution in [2.75, 3.05) is 20.6 Å². The molecule has 0 radical (unpaired) electrons. The Bertz CT molecular complexity index is 626. The molecule has 2 aromatic rings. The third kappa shape index (κ3) is 2.51. The van der Waals surface area contributed by atoms with Gasteiger partial charge in [0.15, 0.2) is 0 Å². The summed E-state index contributed by atoms with van der Waals surface area (Å²) in [4.78, 5) is 2.33. The van der Waals surface area contributed by atoms with Crippen LogP contribution in [0.4, 0.5) is 0 Å². The van der Waals surface area contributed by atoms with E-state index in [9.17, 15) is 0 Å². The lowest BCUT2D eigenvalue weighted by Crippen LogP contribution is -2.38. The molecular weight excluding hydrogens is 242 g/mol. The first-order valence-corrected chi connectivity index (χ1v) is 7.49. The molecule has 1 heteroatoms. The minimum Gasteiger partial charge on any atom is -0.309 e. The van der Waals surface area contributed by atoms with Crippen molar-refractivity contribution in [3.8, 4) is 0 Å². The summed E-state index contributed by atoms with van der Waals surface area (Å²) < 4.78 is 0. The molecule has 1 unspecified atom stereocenters. The second-order valence-electron chi connectivity index (χ2n) is 6.29. The van der Waals surface area contributed by atoms with Crippen molar-refractivity contribution < 1.29 is 0 Å². The van der Waals surface area contributed by atoms with Crippen molar-refractivity contribution in [1.29, 1.82) is 0 Å². The Kier molecular flexibility index (Phi) is 3.62. The van der Waals surface area contributed by atoms with Crippen LogP contribution >= 0.6 is 0 Å². The molecule has 0 heterocycles. The normalized spacial score (nSPS) is 22.6. The molecule has 20 heavy (non-hydrogen) atoms. The van der Waals surface area contributed by atoms with Crippen LogP contribution in [-0.2, 0) is 5.41 Å². The second kappa shape index (κ2) is 5.41. The van der Waals surface area contributed by atoms with Crippen LogP contribution < -0.4 is 0 Å². The number of hydrogen-bond acceptors (Lipinski definition) is 1. The molecule has 0 amide bonds. The Hall–Kier alpha value is -1.60. The molecule has 1 aliphatic rings. The van der Waals surface area contributed by atoms with Gasteiger partial charge in [0.1, 0.15) is 0 Å². The summed E-state index contributed by atoms with van der Waals surface area (Å²) in [6.45, 7) is 1.12. The summed E-state index contributed by atoms with van der Waals surface area (Å²) in [5, 5.41) is 2.69. The van der Waals surface area contributed by atoms with E-state index in [1.54, 1.807) is 0 Å². The van der Waals surface area contributed by atoms with E-state index in [-0.39, 0.29) is 5.41 Å². The number of rotatable bonds is 3. The van der Waals surface area contributed by atoms with Gasteiger partial charge in [-0.05, 0) is 49.7 Å². The van der Waals surface area contributed by atoms with Crippen molar-refractivity contribution in [3.05, 3.63) is 60.2 Å². The molecule has 0 fully saturated rings. The average molecular weight is 265 g/mol. The van der Waals surface area contributed by atoms with E-state index in [0.717, 1.165) is 13.0 Å². The zero-order valence-corrected chi connectivity index (χ0v) is 12.5. The lowest BCUT2D eigenvalue weighted by molar-refractivity contribution is 0.262. The molecule has 0 N–H and O–H groups in total. The molecule has 0 aromatic heterocycles. The van der Waals surface area contributed by atoms with Crippen LogP contribution in [0.5, 0.6) is 0 Å². The Labute approximate surface area is 121 Å². The molecule has 1 atom stereocenters. The van der Waals surface area contributed by atoms with Gasteiger partial charge in [-0.1, -0.05) is 54.6 Å². The van der Waals surface area contributed by atoms with Crippen LogP contribution in [-0.4, -0.2) is 25.5 Å². The van der Waals surface area contributed by atoms with Gasteiger partial charge in [-0.2, -0.15) is 0 Å². The van der Waals surface area contributed by atoms with Crippen LogP contribution in [0.25, 0.3) is 10.8 Å². The van der Waals surface area contributed by atoms with Gasteiger partial charge in [-0.15, -0.1) is 0 Å². The quantitative estimate of drug-likeness (QED) is 0.744. The zero-order chi connectivity index (χ0) is 14.0. The van der Waals surface area contributed by atoms with Gasteiger partial charge >= 0.3 is 0 Å². The minimum atomic E-state index is 0.280. The third-order valence-corrected chi connectivity index (χ3v) is 4.45. The van der Waals surface area contributed by atoms with E-state index in [2.05, 4.69) is 73.6 Å². The van der Waals surface area contributed by atoms with Gasteiger partial charge < -0.3 is 4.90 Å². The fraction of sp³-hybridized carbons (Fsp3) is 0.368. The van der Waals surface area contributed by atoms with Crippen LogP contribution in [0.3, 0.4) is 0 Å². The highest BCUT2D eigenvalue weighted by Crippen LogP contribution is 2.38. The average Bonchev–Trinajstić information content (AvgIpc) is 2.47. The summed E-state index contributed by atoms with van der Waals surface area (Å²) in [5.41, 5.74) is 1.77. The Balaban J connectivity index is 2.06. The van der Waals surface area contributed by atoms with Crippen molar-refractivity contribution >= 4 is 10.8 Å². The highest BCUT2D eigenvalue weighted by atomic mass is 15.1. The van der Waals surface area contributed by atoms with Gasteiger partial charge in [-0.3, -0.25) is 0 Å². The first-order valence-electron chi connectivity index (χ1n) is 7.49. The summed E-state index contributed by atoms with van der Waals surface area (Å²) >= 11 is 0. The summed E-state index contributed by atoms with van der Waals surface area (Å²) in [6.07, 6.45) is 8.29. The molecule has 1 aliphatic carbocycles. The highest BCUT2D eigenvalue weighted by molar-refractivity contribution is 5.83. The van der Waals surface area contributed by atoms with Crippen molar-refractivity contribution in [1.82, 2.24) is 4.90 Å². The lowest BCUT2D eigenvalue weighted by Gasteiger charge is -2.38. The maximum atomic E-state index is 2.40. The Morgan fingerprint density at radius 1 is 1.00 bits per heavy atom. The molecule has 2 aromatic carbocycles. The van der Waals surface area contributed by atoms with Crippen LogP contribution in [0.2, 0.25) is 0 Å². The number of allylic oxidation sites excluding steroid dienone is 2. The minimum absolute atomic E-state index is 0.280. The van der Waals surface area contributed by atoms with E-state index in [1.165, 1.54) is 29.2 Å². The summed E-state index contributed by atoms with van der Waals surface area (Å²) in [6, 6.07) is 15.7. The number of benzene rings is 2. The van der Waals surface area contributed by atoms with Gasteiger partial charge in [0.05, 0.1) is 0 Å². The Morgan fingerprint density at radius 2 is 1.80 bits per heavy atom. The summed E-state index contributed by atoms with van der Waals surface area (Å²) in [5.74, 6) is 0. The molecule has 0 aliphatic heterocycles. The largest absolute Gasteiger partial charge is 0.309 e. The molecule has 0 spiro atoms. The van der Waals surface area contributed by atoms with Gasteiger partial charge in [-0.25, -0.2) is 0 Å².